The van der Waals surface area contributed by atoms with E-state index in [-0.39, 0.29) is 5.75 Å². The molecule has 0 saturated heterocycles. The summed E-state index contributed by atoms with van der Waals surface area (Å²) >= 11 is 0. The molecule has 0 aromatic heterocycles. The zero-order chi connectivity index (χ0) is 10.8. The van der Waals surface area contributed by atoms with E-state index in [9.17, 15) is 5.11 Å². The Kier molecular flexibility index (Phi) is 3.13. The Morgan fingerprint density at radius 3 is 2.57 bits per heavy atom. The van der Waals surface area contributed by atoms with Gasteiger partial charge in [0.1, 0.15) is 11.4 Å². The minimum atomic E-state index is -0.613. The van der Waals surface area contributed by atoms with Crippen molar-refractivity contribution in [1.29, 1.82) is 0 Å². The van der Waals surface area contributed by atoms with Crippen LogP contribution in [0, 0.1) is 6.92 Å². The number of aromatic hydroxyl groups is 1. The molecule has 3 heteroatoms. The number of hydrogen-bond acceptors (Lipinski definition) is 3. The largest absolute Gasteiger partial charge is 0.508 e. The van der Waals surface area contributed by atoms with E-state index in [2.05, 4.69) is 0 Å². The molecule has 1 rings (SSSR count). The van der Waals surface area contributed by atoms with Gasteiger partial charge < -0.3 is 15.6 Å². The first-order chi connectivity index (χ1) is 6.53. The van der Waals surface area contributed by atoms with Crippen molar-refractivity contribution < 1.29 is 9.84 Å². The highest BCUT2D eigenvalue weighted by Crippen LogP contribution is 2.31. The lowest BCUT2D eigenvalue weighted by Crippen LogP contribution is -2.33. The molecule has 0 aliphatic carbocycles. The molecule has 0 aliphatic heterocycles. The predicted octanol–water partition coefficient (Wildman–Crippen LogP) is 1.52. The highest BCUT2D eigenvalue weighted by Gasteiger charge is 2.27. The van der Waals surface area contributed by atoms with Gasteiger partial charge in [-0.3, -0.25) is 0 Å². The van der Waals surface area contributed by atoms with Crippen molar-refractivity contribution in [3.05, 3.63) is 29.3 Å². The van der Waals surface area contributed by atoms with E-state index >= 15 is 0 Å². The Morgan fingerprint density at radius 2 is 2.14 bits per heavy atom. The molecule has 78 valence electrons. The molecule has 0 aliphatic rings. The van der Waals surface area contributed by atoms with Gasteiger partial charge in [-0.1, -0.05) is 12.1 Å². The standard InChI is InChI=1S/C11H17NO2/c1-8-4-5-9(10(13)6-8)11(2,7-12)14-3/h4-6,13H,7,12H2,1-3H3. The third-order valence-corrected chi connectivity index (χ3v) is 2.56. The average Bonchev–Trinajstić information content (AvgIpc) is 2.17. The third kappa shape index (κ3) is 1.89. The zero-order valence-corrected chi connectivity index (χ0v) is 8.87. The fourth-order valence-electron chi connectivity index (χ4n) is 1.39. The summed E-state index contributed by atoms with van der Waals surface area (Å²) in [5, 5.41) is 9.75. The number of methoxy groups -OCH3 is 1. The summed E-state index contributed by atoms with van der Waals surface area (Å²) in [7, 11) is 1.59. The van der Waals surface area contributed by atoms with Crippen LogP contribution in [0.1, 0.15) is 18.1 Å². The van der Waals surface area contributed by atoms with Gasteiger partial charge in [0.2, 0.25) is 0 Å². The number of phenolic OH excluding ortho intramolecular Hbond substituents is 1. The van der Waals surface area contributed by atoms with Crippen molar-refractivity contribution in [2.24, 2.45) is 5.73 Å². The van der Waals surface area contributed by atoms with Crippen LogP contribution in [0.3, 0.4) is 0 Å². The fourth-order valence-corrected chi connectivity index (χ4v) is 1.39. The number of nitrogens with two attached hydrogens (primary N) is 1. The lowest BCUT2D eigenvalue weighted by Gasteiger charge is -2.27. The third-order valence-electron chi connectivity index (χ3n) is 2.56. The van der Waals surface area contributed by atoms with Crippen LogP contribution in [-0.4, -0.2) is 18.8 Å². The average molecular weight is 195 g/mol. The van der Waals surface area contributed by atoms with Crippen LogP contribution in [0.2, 0.25) is 0 Å². The second kappa shape index (κ2) is 3.98. The van der Waals surface area contributed by atoms with Crippen LogP contribution < -0.4 is 5.73 Å². The smallest absolute Gasteiger partial charge is 0.121 e. The minimum Gasteiger partial charge on any atom is -0.508 e. The predicted molar refractivity (Wildman–Crippen MR) is 56.3 cm³/mol. The molecule has 1 atom stereocenters. The summed E-state index contributed by atoms with van der Waals surface area (Å²) in [4.78, 5) is 0. The van der Waals surface area contributed by atoms with Gasteiger partial charge in [-0.15, -0.1) is 0 Å². The van der Waals surface area contributed by atoms with Crippen LogP contribution in [0.5, 0.6) is 5.75 Å². The summed E-state index contributed by atoms with van der Waals surface area (Å²) < 4.78 is 5.31. The van der Waals surface area contributed by atoms with Gasteiger partial charge >= 0.3 is 0 Å². The van der Waals surface area contributed by atoms with Gasteiger partial charge in [-0.2, -0.15) is 0 Å². The highest BCUT2D eigenvalue weighted by molar-refractivity contribution is 5.39. The van der Waals surface area contributed by atoms with Crippen molar-refractivity contribution in [2.45, 2.75) is 19.4 Å². The van der Waals surface area contributed by atoms with Gasteiger partial charge in [-0.05, 0) is 25.5 Å². The molecule has 1 unspecified atom stereocenters. The molecule has 0 saturated carbocycles. The molecular weight excluding hydrogens is 178 g/mol. The fraction of sp³-hybridized carbons (Fsp3) is 0.455. The number of benzene rings is 1. The Bertz CT molecular complexity index is 319. The van der Waals surface area contributed by atoms with Gasteiger partial charge in [0.25, 0.3) is 0 Å². The topological polar surface area (TPSA) is 55.5 Å². The van der Waals surface area contributed by atoms with E-state index in [0.717, 1.165) is 11.1 Å². The summed E-state index contributed by atoms with van der Waals surface area (Å²) in [5.74, 6) is 0.236. The van der Waals surface area contributed by atoms with Gasteiger partial charge in [0.05, 0.1) is 0 Å². The molecule has 1 aromatic carbocycles. The van der Waals surface area contributed by atoms with Crippen LogP contribution in [0.25, 0.3) is 0 Å². The van der Waals surface area contributed by atoms with Crippen molar-refractivity contribution in [1.82, 2.24) is 0 Å². The van der Waals surface area contributed by atoms with Gasteiger partial charge in [-0.25, -0.2) is 0 Å². The Morgan fingerprint density at radius 1 is 1.50 bits per heavy atom. The van der Waals surface area contributed by atoms with Crippen LogP contribution in [0.4, 0.5) is 0 Å². The lowest BCUT2D eigenvalue weighted by atomic mass is 9.94. The molecule has 3 N–H and O–H groups in total. The minimum absolute atomic E-state index is 0.236. The van der Waals surface area contributed by atoms with Crippen molar-refractivity contribution in [2.75, 3.05) is 13.7 Å². The molecule has 0 amide bonds. The van der Waals surface area contributed by atoms with Crippen LogP contribution in [-0.2, 0) is 10.3 Å². The number of rotatable bonds is 3. The van der Waals surface area contributed by atoms with Gasteiger partial charge in [0, 0.05) is 19.2 Å². The monoisotopic (exact) mass is 195 g/mol. The summed E-state index contributed by atoms with van der Waals surface area (Å²) in [6.45, 7) is 4.12. The molecule has 0 fully saturated rings. The highest BCUT2D eigenvalue weighted by atomic mass is 16.5. The number of phenols is 1. The van der Waals surface area contributed by atoms with Crippen LogP contribution in [0.15, 0.2) is 18.2 Å². The molecule has 0 radical (unpaired) electrons. The second-order valence-electron chi connectivity index (χ2n) is 3.66. The first kappa shape index (κ1) is 11.0. The first-order valence-corrected chi connectivity index (χ1v) is 4.59. The van der Waals surface area contributed by atoms with Gasteiger partial charge in [0.15, 0.2) is 0 Å². The van der Waals surface area contributed by atoms with Crippen molar-refractivity contribution in [3.8, 4) is 5.75 Å². The second-order valence-corrected chi connectivity index (χ2v) is 3.66. The van der Waals surface area contributed by atoms with Crippen LogP contribution >= 0.6 is 0 Å². The molecular formula is C11H17NO2. The zero-order valence-electron chi connectivity index (χ0n) is 8.87. The summed E-state index contributed by atoms with van der Waals surface area (Å²) in [5.41, 5.74) is 6.75. The van der Waals surface area contributed by atoms with E-state index in [1.165, 1.54) is 0 Å². The Labute approximate surface area is 84.5 Å². The lowest BCUT2D eigenvalue weighted by molar-refractivity contribution is 0.00826. The Hall–Kier alpha value is -1.06. The molecule has 0 spiro atoms. The maximum atomic E-state index is 9.75. The van der Waals surface area contributed by atoms with E-state index < -0.39 is 5.60 Å². The SMILES string of the molecule is COC(C)(CN)c1ccc(C)cc1O. The first-order valence-electron chi connectivity index (χ1n) is 4.59. The van der Waals surface area contributed by atoms with Crippen molar-refractivity contribution in [3.63, 3.8) is 0 Å². The quantitative estimate of drug-likeness (QED) is 0.768. The van der Waals surface area contributed by atoms with E-state index in [0.29, 0.717) is 6.54 Å². The molecule has 1 aromatic rings. The maximum Gasteiger partial charge on any atom is 0.121 e. The van der Waals surface area contributed by atoms with E-state index in [1.54, 1.807) is 13.2 Å². The van der Waals surface area contributed by atoms with E-state index in [4.69, 9.17) is 10.5 Å². The number of aryl methyl sites for hydroxylation is 1. The Balaban J connectivity index is 3.17. The number of hydrogen-bond donors (Lipinski definition) is 2. The summed E-state index contributed by atoms with van der Waals surface area (Å²) in [6.07, 6.45) is 0. The van der Waals surface area contributed by atoms with E-state index in [1.807, 2.05) is 26.0 Å². The molecule has 14 heavy (non-hydrogen) atoms. The molecule has 3 nitrogen and oxygen atoms in total. The number of ether oxygens (including phenoxy) is 1. The van der Waals surface area contributed by atoms with Crippen molar-refractivity contribution >= 4 is 0 Å². The molecule has 0 bridgehead atoms. The molecule has 0 heterocycles. The normalized spacial score (nSPS) is 15.1. The maximum absolute atomic E-state index is 9.75. The summed E-state index contributed by atoms with van der Waals surface area (Å²) in [6, 6.07) is 5.49.